The highest BCUT2D eigenvalue weighted by Gasteiger charge is 2.14. The molecule has 0 atom stereocenters. The van der Waals surface area contributed by atoms with Crippen LogP contribution >= 0.6 is 11.8 Å². The summed E-state index contributed by atoms with van der Waals surface area (Å²) in [6.07, 6.45) is 0. The van der Waals surface area contributed by atoms with E-state index in [2.05, 4.69) is 4.98 Å². The number of hydrogen-bond donors (Lipinski definition) is 1. The molecule has 0 fully saturated rings. The minimum absolute atomic E-state index is 0.0122. The Morgan fingerprint density at radius 1 is 1.38 bits per heavy atom. The summed E-state index contributed by atoms with van der Waals surface area (Å²) in [5.41, 5.74) is 1.82. The average Bonchev–Trinajstić information content (AvgIpc) is 2.40. The number of pyridine rings is 1. The van der Waals surface area contributed by atoms with Crippen LogP contribution in [0.25, 0.3) is 0 Å². The summed E-state index contributed by atoms with van der Waals surface area (Å²) >= 11 is 0.953. The van der Waals surface area contributed by atoms with E-state index >= 15 is 0 Å². The first kappa shape index (κ1) is 15.0. The summed E-state index contributed by atoms with van der Waals surface area (Å²) in [6.45, 7) is 3.56. The van der Waals surface area contributed by atoms with Crippen LogP contribution in [-0.2, 0) is 0 Å². The molecule has 0 amide bonds. The molecule has 1 aromatic carbocycles. The molecule has 2 rings (SSSR count). The van der Waals surface area contributed by atoms with Gasteiger partial charge in [-0.2, -0.15) is 5.26 Å². The van der Waals surface area contributed by atoms with Crippen LogP contribution in [0.5, 0.6) is 0 Å². The first-order valence-electron chi connectivity index (χ1n) is 6.01. The van der Waals surface area contributed by atoms with E-state index in [9.17, 15) is 14.4 Å². The lowest BCUT2D eigenvalue weighted by Crippen LogP contribution is -1.98. The van der Waals surface area contributed by atoms with E-state index in [4.69, 9.17) is 5.11 Å². The molecule has 4 nitrogen and oxygen atoms in total. The highest BCUT2D eigenvalue weighted by molar-refractivity contribution is 7.99. The molecular weight excluding hydrogens is 291 g/mol. The molecule has 0 spiro atoms. The number of nitriles is 1. The van der Waals surface area contributed by atoms with Crippen LogP contribution in [0.1, 0.15) is 27.2 Å². The van der Waals surface area contributed by atoms with Crippen molar-refractivity contribution in [2.45, 2.75) is 23.8 Å². The molecule has 6 heteroatoms. The van der Waals surface area contributed by atoms with Gasteiger partial charge in [0.05, 0.1) is 16.0 Å². The lowest BCUT2D eigenvalue weighted by molar-refractivity contribution is 0.0696. The zero-order valence-corrected chi connectivity index (χ0v) is 12.2. The maximum Gasteiger partial charge on any atom is 0.335 e. The zero-order chi connectivity index (χ0) is 15.6. The number of aromatic carboxylic acids is 1. The van der Waals surface area contributed by atoms with E-state index in [1.165, 1.54) is 12.1 Å². The van der Waals surface area contributed by atoms with E-state index in [1.54, 1.807) is 19.9 Å². The number of nitrogens with zero attached hydrogens (tertiary/aromatic N) is 2. The number of carbonyl (C=O) groups is 1. The highest BCUT2D eigenvalue weighted by Crippen LogP contribution is 2.32. The van der Waals surface area contributed by atoms with Crippen molar-refractivity contribution in [2.75, 3.05) is 0 Å². The Balaban J connectivity index is 2.50. The third-order valence-electron chi connectivity index (χ3n) is 2.81. The average molecular weight is 302 g/mol. The van der Waals surface area contributed by atoms with Crippen LogP contribution in [0.4, 0.5) is 4.39 Å². The Kier molecular flexibility index (Phi) is 4.24. The Bertz CT molecular complexity index is 769. The van der Waals surface area contributed by atoms with Crippen molar-refractivity contribution < 1.29 is 14.3 Å². The highest BCUT2D eigenvalue weighted by atomic mass is 32.2. The number of rotatable bonds is 3. The maximum atomic E-state index is 13.8. The van der Waals surface area contributed by atoms with E-state index < -0.39 is 11.8 Å². The summed E-state index contributed by atoms with van der Waals surface area (Å²) in [7, 11) is 0. The molecule has 0 radical (unpaired) electrons. The molecule has 0 aliphatic heterocycles. The molecule has 21 heavy (non-hydrogen) atoms. The largest absolute Gasteiger partial charge is 0.478 e. The molecule has 2 aromatic rings. The Morgan fingerprint density at radius 2 is 2.10 bits per heavy atom. The summed E-state index contributed by atoms with van der Waals surface area (Å²) in [4.78, 5) is 15.3. The summed E-state index contributed by atoms with van der Waals surface area (Å²) in [5, 5.41) is 18.5. The lowest BCUT2D eigenvalue weighted by atomic mass is 10.1. The van der Waals surface area contributed by atoms with Gasteiger partial charge in [-0.1, -0.05) is 11.8 Å². The number of carboxylic acid groups (broad SMARTS) is 1. The number of hydrogen-bond acceptors (Lipinski definition) is 4. The van der Waals surface area contributed by atoms with Gasteiger partial charge < -0.3 is 5.11 Å². The van der Waals surface area contributed by atoms with Crippen LogP contribution in [0, 0.1) is 31.0 Å². The minimum atomic E-state index is -1.13. The topological polar surface area (TPSA) is 74.0 Å². The van der Waals surface area contributed by atoms with Crippen LogP contribution in [0.3, 0.4) is 0 Å². The van der Waals surface area contributed by atoms with Crippen molar-refractivity contribution in [1.29, 1.82) is 5.26 Å². The molecule has 0 bridgehead atoms. The molecule has 0 unspecified atom stereocenters. The van der Waals surface area contributed by atoms with Gasteiger partial charge in [-0.25, -0.2) is 14.2 Å². The van der Waals surface area contributed by atoms with Crippen molar-refractivity contribution >= 4 is 17.7 Å². The van der Waals surface area contributed by atoms with Gasteiger partial charge in [-0.05, 0) is 43.7 Å². The molecular formula is C15H11FN2O2S. The number of aromatic nitrogens is 1. The Morgan fingerprint density at radius 3 is 2.71 bits per heavy atom. The van der Waals surface area contributed by atoms with Gasteiger partial charge in [0.25, 0.3) is 0 Å². The monoisotopic (exact) mass is 302 g/mol. The molecule has 0 aliphatic rings. The van der Waals surface area contributed by atoms with Gasteiger partial charge in [-0.3, -0.25) is 0 Å². The normalized spacial score (nSPS) is 10.2. The smallest absolute Gasteiger partial charge is 0.335 e. The maximum absolute atomic E-state index is 13.8. The van der Waals surface area contributed by atoms with Crippen molar-refractivity contribution in [3.8, 4) is 6.07 Å². The van der Waals surface area contributed by atoms with Crippen molar-refractivity contribution in [1.82, 2.24) is 4.98 Å². The minimum Gasteiger partial charge on any atom is -0.478 e. The lowest BCUT2D eigenvalue weighted by Gasteiger charge is -2.08. The Labute approximate surface area is 125 Å². The third-order valence-corrected chi connectivity index (χ3v) is 3.83. The third kappa shape index (κ3) is 3.20. The Hall–Kier alpha value is -2.39. The van der Waals surface area contributed by atoms with Gasteiger partial charge in [0.1, 0.15) is 16.9 Å². The number of halogens is 1. The summed E-state index contributed by atoms with van der Waals surface area (Å²) < 4.78 is 13.8. The second kappa shape index (κ2) is 5.94. The van der Waals surface area contributed by atoms with Crippen molar-refractivity contribution in [3.05, 3.63) is 52.5 Å². The fourth-order valence-corrected chi connectivity index (χ4v) is 2.89. The first-order valence-corrected chi connectivity index (χ1v) is 6.83. The van der Waals surface area contributed by atoms with Gasteiger partial charge in [0.15, 0.2) is 0 Å². The van der Waals surface area contributed by atoms with Crippen molar-refractivity contribution in [2.24, 2.45) is 0 Å². The quantitative estimate of drug-likeness (QED) is 0.938. The second-order valence-electron chi connectivity index (χ2n) is 4.42. The van der Waals surface area contributed by atoms with E-state index in [1.807, 2.05) is 6.07 Å². The fourth-order valence-electron chi connectivity index (χ4n) is 1.83. The molecule has 106 valence electrons. The van der Waals surface area contributed by atoms with Gasteiger partial charge in [-0.15, -0.1) is 0 Å². The number of aryl methyl sites for hydroxylation is 2. The van der Waals surface area contributed by atoms with Gasteiger partial charge >= 0.3 is 5.97 Å². The number of benzene rings is 1. The van der Waals surface area contributed by atoms with Crippen LogP contribution < -0.4 is 0 Å². The summed E-state index contributed by atoms with van der Waals surface area (Å²) in [6, 6.07) is 7.35. The molecule has 1 aromatic heterocycles. The van der Waals surface area contributed by atoms with Crippen LogP contribution in [0.15, 0.2) is 34.2 Å². The van der Waals surface area contributed by atoms with Gasteiger partial charge in [0.2, 0.25) is 0 Å². The summed E-state index contributed by atoms with van der Waals surface area (Å²) in [5.74, 6) is -1.68. The molecule has 0 saturated heterocycles. The van der Waals surface area contributed by atoms with E-state index in [0.717, 1.165) is 23.4 Å². The van der Waals surface area contributed by atoms with E-state index in [0.29, 0.717) is 16.3 Å². The predicted molar refractivity (Wildman–Crippen MR) is 75.9 cm³/mol. The van der Waals surface area contributed by atoms with Crippen LogP contribution in [-0.4, -0.2) is 16.1 Å². The van der Waals surface area contributed by atoms with Crippen LogP contribution in [0.2, 0.25) is 0 Å². The standard InChI is InChI=1S/C15H11FN2O2S/c1-8-5-9(2)18-14(11(8)7-17)21-13-6-10(15(19)20)3-4-12(13)16/h3-6H,1-2H3,(H,19,20). The molecule has 1 N–H and O–H groups in total. The van der Waals surface area contributed by atoms with E-state index in [-0.39, 0.29) is 10.5 Å². The molecule has 1 heterocycles. The number of carboxylic acids is 1. The van der Waals surface area contributed by atoms with Gasteiger partial charge in [0, 0.05) is 5.69 Å². The first-order chi connectivity index (χ1) is 9.92. The zero-order valence-electron chi connectivity index (χ0n) is 11.3. The predicted octanol–water partition coefficient (Wildman–Crippen LogP) is 3.56. The SMILES string of the molecule is Cc1cc(C)c(C#N)c(Sc2cc(C(=O)O)ccc2F)n1. The molecule has 0 saturated carbocycles. The fraction of sp³-hybridized carbons (Fsp3) is 0.133. The van der Waals surface area contributed by atoms with Crippen molar-refractivity contribution in [3.63, 3.8) is 0 Å². The molecule has 0 aliphatic carbocycles. The second-order valence-corrected chi connectivity index (χ2v) is 5.46.